The molecule has 0 aliphatic heterocycles. The third-order valence-electron chi connectivity index (χ3n) is 3.45. The van der Waals surface area contributed by atoms with Crippen molar-refractivity contribution in [2.24, 2.45) is 7.05 Å². The molecule has 0 aliphatic carbocycles. The van der Waals surface area contributed by atoms with Gasteiger partial charge in [0, 0.05) is 12.6 Å². The summed E-state index contributed by atoms with van der Waals surface area (Å²) < 4.78 is 14.7. The summed E-state index contributed by atoms with van der Waals surface area (Å²) >= 11 is 0. The zero-order chi connectivity index (χ0) is 16.2. The molecule has 3 aromatic rings. The van der Waals surface area contributed by atoms with Gasteiger partial charge in [0.2, 0.25) is 0 Å². The highest BCUT2D eigenvalue weighted by atomic mass is 19.1. The van der Waals surface area contributed by atoms with E-state index in [4.69, 9.17) is 0 Å². The predicted octanol–water partition coefficient (Wildman–Crippen LogP) is 3.69. The van der Waals surface area contributed by atoms with Crippen LogP contribution < -0.4 is 0 Å². The van der Waals surface area contributed by atoms with E-state index in [0.29, 0.717) is 17.2 Å². The third kappa shape index (κ3) is 3.01. The molecule has 2 aromatic carbocycles. The van der Waals surface area contributed by atoms with Crippen LogP contribution in [0.1, 0.15) is 11.4 Å². The first kappa shape index (κ1) is 14.7. The average molecular weight is 304 g/mol. The van der Waals surface area contributed by atoms with Crippen molar-refractivity contribution in [2.45, 2.75) is 0 Å². The molecule has 0 fully saturated rings. The zero-order valence-electron chi connectivity index (χ0n) is 12.4. The molecule has 0 amide bonds. The van der Waals surface area contributed by atoms with E-state index in [1.165, 1.54) is 12.1 Å². The van der Waals surface area contributed by atoms with E-state index >= 15 is 0 Å². The summed E-state index contributed by atoms with van der Waals surface area (Å²) in [6, 6.07) is 17.7. The molecule has 0 radical (unpaired) electrons. The Balaban J connectivity index is 2.02. The van der Waals surface area contributed by atoms with Gasteiger partial charge in [-0.1, -0.05) is 42.5 Å². The number of halogens is 1. The lowest BCUT2D eigenvalue weighted by Gasteiger charge is -2.03. The molecular formula is C18H13FN4. The smallest absolute Gasteiger partial charge is 0.174 e. The average Bonchev–Trinajstić information content (AvgIpc) is 2.97. The molecule has 0 saturated carbocycles. The molecule has 0 bridgehead atoms. The van der Waals surface area contributed by atoms with Crippen molar-refractivity contribution >= 4 is 11.6 Å². The summed E-state index contributed by atoms with van der Waals surface area (Å²) in [4.78, 5) is 0. The molecular weight excluding hydrogens is 291 g/mol. The van der Waals surface area contributed by atoms with Crippen LogP contribution in [0.5, 0.6) is 0 Å². The number of nitrogens with zero attached hydrogens (tertiary/aromatic N) is 4. The molecule has 0 aliphatic rings. The topological polar surface area (TPSA) is 54.5 Å². The summed E-state index contributed by atoms with van der Waals surface area (Å²) in [5.74, 6) is 0.835. The van der Waals surface area contributed by atoms with E-state index in [2.05, 4.69) is 16.3 Å². The van der Waals surface area contributed by atoms with E-state index in [0.717, 1.165) is 11.1 Å². The van der Waals surface area contributed by atoms with Gasteiger partial charge in [-0.3, -0.25) is 0 Å². The molecule has 1 heterocycles. The second kappa shape index (κ2) is 6.24. The Morgan fingerprint density at radius 1 is 1.09 bits per heavy atom. The molecule has 0 atom stereocenters. The predicted molar refractivity (Wildman–Crippen MR) is 86.3 cm³/mol. The molecule has 1 aromatic heterocycles. The van der Waals surface area contributed by atoms with E-state index in [9.17, 15) is 9.65 Å². The van der Waals surface area contributed by atoms with Gasteiger partial charge in [0.1, 0.15) is 11.9 Å². The fourth-order valence-corrected chi connectivity index (χ4v) is 2.27. The Kier molecular flexibility index (Phi) is 3.98. The van der Waals surface area contributed by atoms with Crippen LogP contribution >= 0.6 is 0 Å². The second-order valence-corrected chi connectivity index (χ2v) is 4.99. The number of allylic oxidation sites excluding steroid dienone is 1. The Labute approximate surface area is 133 Å². The molecule has 4 nitrogen and oxygen atoms in total. The van der Waals surface area contributed by atoms with Gasteiger partial charge in [0.25, 0.3) is 0 Å². The van der Waals surface area contributed by atoms with E-state index in [1.54, 1.807) is 22.8 Å². The van der Waals surface area contributed by atoms with Crippen LogP contribution in [0, 0.1) is 17.1 Å². The minimum absolute atomic E-state index is 0.314. The van der Waals surface area contributed by atoms with Crippen LogP contribution in [-0.2, 0) is 7.05 Å². The molecule has 0 spiro atoms. The number of hydrogen-bond donors (Lipinski definition) is 0. The van der Waals surface area contributed by atoms with Crippen LogP contribution in [-0.4, -0.2) is 14.8 Å². The van der Waals surface area contributed by atoms with Crippen molar-refractivity contribution in [3.05, 3.63) is 71.8 Å². The fourth-order valence-electron chi connectivity index (χ4n) is 2.27. The first-order valence-corrected chi connectivity index (χ1v) is 7.01. The SMILES string of the molecule is Cn1c(/C(C#N)=C/c2ccc(F)cc2)nnc1-c1ccccc1. The molecule has 112 valence electrons. The summed E-state index contributed by atoms with van der Waals surface area (Å²) in [6.07, 6.45) is 1.66. The lowest BCUT2D eigenvalue weighted by atomic mass is 10.1. The van der Waals surface area contributed by atoms with Crippen molar-refractivity contribution in [3.63, 3.8) is 0 Å². The highest BCUT2D eigenvalue weighted by molar-refractivity contribution is 5.87. The van der Waals surface area contributed by atoms with Crippen LogP contribution in [0.25, 0.3) is 23.0 Å². The number of hydrogen-bond acceptors (Lipinski definition) is 3. The number of rotatable bonds is 3. The van der Waals surface area contributed by atoms with Gasteiger partial charge in [-0.2, -0.15) is 5.26 Å². The Morgan fingerprint density at radius 2 is 1.78 bits per heavy atom. The maximum Gasteiger partial charge on any atom is 0.174 e. The first-order chi connectivity index (χ1) is 11.2. The molecule has 3 rings (SSSR count). The molecule has 0 saturated heterocycles. The molecule has 23 heavy (non-hydrogen) atoms. The maximum absolute atomic E-state index is 13.0. The van der Waals surface area contributed by atoms with E-state index < -0.39 is 0 Å². The van der Waals surface area contributed by atoms with Crippen LogP contribution in [0.3, 0.4) is 0 Å². The first-order valence-electron chi connectivity index (χ1n) is 7.01. The van der Waals surface area contributed by atoms with Crippen molar-refractivity contribution < 1.29 is 4.39 Å². The maximum atomic E-state index is 13.0. The van der Waals surface area contributed by atoms with Gasteiger partial charge in [0.15, 0.2) is 11.6 Å². The lowest BCUT2D eigenvalue weighted by Crippen LogP contribution is -1.98. The molecule has 0 N–H and O–H groups in total. The van der Waals surface area contributed by atoms with Crippen molar-refractivity contribution in [1.29, 1.82) is 5.26 Å². The highest BCUT2D eigenvalue weighted by Gasteiger charge is 2.14. The van der Waals surface area contributed by atoms with E-state index in [-0.39, 0.29) is 5.82 Å². The summed E-state index contributed by atoms with van der Waals surface area (Å²) in [5, 5.41) is 17.7. The summed E-state index contributed by atoms with van der Waals surface area (Å²) in [7, 11) is 1.81. The third-order valence-corrected chi connectivity index (χ3v) is 3.45. The Bertz CT molecular complexity index is 887. The van der Waals surface area contributed by atoms with Gasteiger partial charge in [-0.25, -0.2) is 4.39 Å². The van der Waals surface area contributed by atoms with Gasteiger partial charge in [-0.15, -0.1) is 10.2 Å². The van der Waals surface area contributed by atoms with Crippen LogP contribution in [0.2, 0.25) is 0 Å². The zero-order valence-corrected chi connectivity index (χ0v) is 12.4. The minimum Gasteiger partial charge on any atom is -0.310 e. The van der Waals surface area contributed by atoms with E-state index in [1.807, 2.05) is 37.4 Å². The van der Waals surface area contributed by atoms with Crippen LogP contribution in [0.4, 0.5) is 4.39 Å². The number of nitriles is 1. The van der Waals surface area contributed by atoms with Gasteiger partial charge in [0.05, 0.1) is 5.57 Å². The quantitative estimate of drug-likeness (QED) is 0.693. The summed E-state index contributed by atoms with van der Waals surface area (Å²) in [5.41, 5.74) is 2.02. The van der Waals surface area contributed by atoms with Crippen molar-refractivity contribution in [1.82, 2.24) is 14.8 Å². The van der Waals surface area contributed by atoms with Crippen molar-refractivity contribution in [3.8, 4) is 17.5 Å². The van der Waals surface area contributed by atoms with Gasteiger partial charge >= 0.3 is 0 Å². The van der Waals surface area contributed by atoms with Gasteiger partial charge < -0.3 is 4.57 Å². The standard InChI is InChI=1S/C18H13FN4/c1-23-17(14-5-3-2-4-6-14)21-22-18(23)15(12-20)11-13-7-9-16(19)10-8-13/h2-11H,1H3/b15-11+. The Hall–Kier alpha value is -3.26. The monoisotopic (exact) mass is 304 g/mol. The van der Waals surface area contributed by atoms with Gasteiger partial charge in [-0.05, 0) is 23.8 Å². The fraction of sp³-hybridized carbons (Fsp3) is 0.0556. The summed E-state index contributed by atoms with van der Waals surface area (Å²) in [6.45, 7) is 0. The minimum atomic E-state index is -0.314. The largest absolute Gasteiger partial charge is 0.310 e. The normalized spacial score (nSPS) is 11.3. The number of aromatic nitrogens is 3. The molecule has 5 heteroatoms. The highest BCUT2D eigenvalue weighted by Crippen LogP contribution is 2.21. The lowest BCUT2D eigenvalue weighted by molar-refractivity contribution is 0.628. The second-order valence-electron chi connectivity index (χ2n) is 4.99. The molecule has 0 unspecified atom stereocenters. The number of benzene rings is 2. The van der Waals surface area contributed by atoms with Crippen molar-refractivity contribution in [2.75, 3.05) is 0 Å². The van der Waals surface area contributed by atoms with Crippen LogP contribution in [0.15, 0.2) is 54.6 Å². The Morgan fingerprint density at radius 3 is 2.43 bits per heavy atom.